The van der Waals surface area contributed by atoms with Crippen LogP contribution in [-0.2, 0) is 4.79 Å². The molecule has 0 bridgehead atoms. The molecule has 1 aliphatic rings. The molecular formula is C17H18FN3O2. The largest absolute Gasteiger partial charge is 0.497 e. The summed E-state index contributed by atoms with van der Waals surface area (Å²) in [7, 11) is 1.62. The Bertz CT molecular complexity index is 690. The molecule has 0 aliphatic carbocycles. The van der Waals surface area contributed by atoms with Gasteiger partial charge in [0, 0.05) is 11.7 Å². The Morgan fingerprint density at radius 1 is 1.22 bits per heavy atom. The average molecular weight is 315 g/mol. The molecule has 0 saturated carbocycles. The Morgan fingerprint density at radius 2 is 2.00 bits per heavy atom. The van der Waals surface area contributed by atoms with Gasteiger partial charge in [-0.2, -0.15) is 0 Å². The van der Waals surface area contributed by atoms with Crippen LogP contribution in [-0.4, -0.2) is 19.1 Å². The van der Waals surface area contributed by atoms with Crippen molar-refractivity contribution in [3.63, 3.8) is 0 Å². The molecule has 23 heavy (non-hydrogen) atoms. The molecule has 5 nitrogen and oxygen atoms in total. The second-order valence-corrected chi connectivity index (χ2v) is 5.40. The molecule has 2 aromatic rings. The highest BCUT2D eigenvalue weighted by atomic mass is 19.1. The zero-order valence-electron chi connectivity index (χ0n) is 12.7. The number of halogens is 1. The van der Waals surface area contributed by atoms with Crippen LogP contribution in [0.3, 0.4) is 0 Å². The van der Waals surface area contributed by atoms with Crippen LogP contribution in [0.5, 0.6) is 5.75 Å². The quantitative estimate of drug-likeness (QED) is 0.811. The predicted octanol–water partition coefficient (Wildman–Crippen LogP) is 2.38. The summed E-state index contributed by atoms with van der Waals surface area (Å²) in [6, 6.07) is 13.1. The molecule has 6 heteroatoms. The number of hydrazine groups is 1. The number of nitrogens with one attached hydrogen (secondary N) is 3. The molecule has 0 aromatic heterocycles. The van der Waals surface area contributed by atoms with E-state index in [1.54, 1.807) is 7.11 Å². The fourth-order valence-corrected chi connectivity index (χ4v) is 2.57. The van der Waals surface area contributed by atoms with Crippen LogP contribution in [0.4, 0.5) is 10.1 Å². The fourth-order valence-electron chi connectivity index (χ4n) is 2.57. The lowest BCUT2D eigenvalue weighted by Gasteiger charge is -2.11. The maximum absolute atomic E-state index is 12.9. The molecule has 2 atom stereocenters. The van der Waals surface area contributed by atoms with E-state index in [0.29, 0.717) is 12.1 Å². The van der Waals surface area contributed by atoms with Crippen LogP contribution in [0, 0.1) is 5.82 Å². The third-order valence-electron chi connectivity index (χ3n) is 3.83. The summed E-state index contributed by atoms with van der Waals surface area (Å²) < 4.78 is 18.1. The van der Waals surface area contributed by atoms with Gasteiger partial charge in [0.05, 0.1) is 7.11 Å². The van der Waals surface area contributed by atoms with Crippen molar-refractivity contribution in [1.82, 2.24) is 10.9 Å². The number of ether oxygens (including phenoxy) is 1. The van der Waals surface area contributed by atoms with Gasteiger partial charge in [-0.3, -0.25) is 4.79 Å². The van der Waals surface area contributed by atoms with Crippen LogP contribution < -0.4 is 20.9 Å². The molecular weight excluding hydrogens is 297 g/mol. The Labute approximate surface area is 133 Å². The summed E-state index contributed by atoms with van der Waals surface area (Å²) in [5, 5.41) is 2.77. The highest BCUT2D eigenvalue weighted by Gasteiger charge is 2.30. The average Bonchev–Trinajstić information content (AvgIpc) is 3.07. The number of rotatable bonds is 4. The van der Waals surface area contributed by atoms with E-state index in [1.807, 2.05) is 24.3 Å². The minimum absolute atomic E-state index is 0.0223. The lowest BCUT2D eigenvalue weighted by atomic mass is 10.0. The van der Waals surface area contributed by atoms with Crippen molar-refractivity contribution in [3.05, 3.63) is 59.9 Å². The number of hydrogen-bond acceptors (Lipinski definition) is 4. The summed E-state index contributed by atoms with van der Waals surface area (Å²) in [6.45, 7) is 0. The van der Waals surface area contributed by atoms with E-state index in [-0.39, 0.29) is 23.8 Å². The number of methoxy groups -OCH3 is 1. The van der Waals surface area contributed by atoms with E-state index in [4.69, 9.17) is 4.74 Å². The van der Waals surface area contributed by atoms with Gasteiger partial charge in [0.2, 0.25) is 5.91 Å². The molecule has 1 amide bonds. The van der Waals surface area contributed by atoms with E-state index >= 15 is 0 Å². The van der Waals surface area contributed by atoms with Gasteiger partial charge in [0.15, 0.2) is 0 Å². The summed E-state index contributed by atoms with van der Waals surface area (Å²) in [5.74, 6) is 0.291. The van der Waals surface area contributed by atoms with Crippen molar-refractivity contribution in [2.75, 3.05) is 12.4 Å². The zero-order valence-corrected chi connectivity index (χ0v) is 12.7. The van der Waals surface area contributed by atoms with E-state index in [9.17, 15) is 9.18 Å². The van der Waals surface area contributed by atoms with E-state index < -0.39 is 0 Å². The number of benzene rings is 2. The molecule has 1 fully saturated rings. The summed E-state index contributed by atoms with van der Waals surface area (Å²) >= 11 is 0. The van der Waals surface area contributed by atoms with Gasteiger partial charge >= 0.3 is 0 Å². The Hall–Kier alpha value is -2.44. The van der Waals surface area contributed by atoms with Crippen molar-refractivity contribution in [1.29, 1.82) is 0 Å². The lowest BCUT2D eigenvalue weighted by molar-refractivity contribution is -0.117. The van der Waals surface area contributed by atoms with Crippen molar-refractivity contribution >= 4 is 11.6 Å². The molecule has 3 rings (SSSR count). The predicted molar refractivity (Wildman–Crippen MR) is 85.4 cm³/mol. The van der Waals surface area contributed by atoms with Gasteiger partial charge in [-0.1, -0.05) is 12.1 Å². The van der Waals surface area contributed by atoms with Crippen molar-refractivity contribution < 1.29 is 13.9 Å². The van der Waals surface area contributed by atoms with Gasteiger partial charge in [0.1, 0.15) is 17.6 Å². The molecule has 2 aromatic carbocycles. The first-order valence-corrected chi connectivity index (χ1v) is 7.37. The van der Waals surface area contributed by atoms with Crippen LogP contribution in [0.1, 0.15) is 18.0 Å². The van der Waals surface area contributed by atoms with Crippen LogP contribution in [0.15, 0.2) is 48.5 Å². The SMILES string of the molecule is COc1cccc(C2CC(C(=O)Nc3ccc(F)cc3)NN2)c1. The second kappa shape index (κ2) is 6.76. The van der Waals surface area contributed by atoms with Crippen molar-refractivity contribution in [2.45, 2.75) is 18.5 Å². The molecule has 1 heterocycles. The molecule has 120 valence electrons. The molecule has 1 aliphatic heterocycles. The monoisotopic (exact) mass is 315 g/mol. The van der Waals surface area contributed by atoms with Gasteiger partial charge in [0.25, 0.3) is 0 Å². The third kappa shape index (κ3) is 3.67. The Morgan fingerprint density at radius 3 is 2.74 bits per heavy atom. The van der Waals surface area contributed by atoms with Crippen molar-refractivity contribution in [3.8, 4) is 5.75 Å². The highest BCUT2D eigenvalue weighted by molar-refractivity contribution is 5.95. The van der Waals surface area contributed by atoms with Gasteiger partial charge in [-0.15, -0.1) is 0 Å². The first-order valence-electron chi connectivity index (χ1n) is 7.37. The summed E-state index contributed by atoms with van der Waals surface area (Å²) in [5.41, 5.74) is 7.74. The highest BCUT2D eigenvalue weighted by Crippen LogP contribution is 2.25. The number of amides is 1. The molecule has 3 N–H and O–H groups in total. The van der Waals surface area contributed by atoms with Gasteiger partial charge in [-0.25, -0.2) is 15.2 Å². The van der Waals surface area contributed by atoms with E-state index in [0.717, 1.165) is 11.3 Å². The molecule has 0 radical (unpaired) electrons. The van der Waals surface area contributed by atoms with Crippen LogP contribution in [0.2, 0.25) is 0 Å². The Balaban J connectivity index is 1.62. The fraction of sp³-hybridized carbons (Fsp3) is 0.235. The third-order valence-corrected chi connectivity index (χ3v) is 3.83. The van der Waals surface area contributed by atoms with E-state index in [2.05, 4.69) is 16.2 Å². The van der Waals surface area contributed by atoms with Crippen LogP contribution >= 0.6 is 0 Å². The summed E-state index contributed by atoms with van der Waals surface area (Å²) in [4.78, 5) is 12.3. The molecule has 1 saturated heterocycles. The van der Waals surface area contributed by atoms with Crippen molar-refractivity contribution in [2.24, 2.45) is 0 Å². The number of carbonyl (C=O) groups excluding carboxylic acids is 1. The maximum Gasteiger partial charge on any atom is 0.242 e. The van der Waals surface area contributed by atoms with Gasteiger partial charge in [-0.05, 0) is 48.4 Å². The topological polar surface area (TPSA) is 62.4 Å². The smallest absolute Gasteiger partial charge is 0.242 e. The minimum Gasteiger partial charge on any atom is -0.497 e. The standard InChI is InChI=1S/C17H18FN3O2/c1-23-14-4-2-3-11(9-14)15-10-16(21-20-15)17(22)19-13-7-5-12(18)6-8-13/h2-9,15-16,20-21H,10H2,1H3,(H,19,22). The van der Waals surface area contributed by atoms with E-state index in [1.165, 1.54) is 24.3 Å². The van der Waals surface area contributed by atoms with Gasteiger partial charge < -0.3 is 10.1 Å². The van der Waals surface area contributed by atoms with Crippen LogP contribution in [0.25, 0.3) is 0 Å². The number of anilines is 1. The summed E-state index contributed by atoms with van der Waals surface area (Å²) in [6.07, 6.45) is 0.611. The zero-order chi connectivity index (χ0) is 16.2. The first kappa shape index (κ1) is 15.5. The first-order chi connectivity index (χ1) is 11.2. The minimum atomic E-state index is -0.365. The second-order valence-electron chi connectivity index (χ2n) is 5.40. The normalized spacial score (nSPS) is 20.3. The Kier molecular flexibility index (Phi) is 4.55. The number of carbonyl (C=O) groups is 1. The maximum atomic E-state index is 12.9. The lowest BCUT2D eigenvalue weighted by Crippen LogP contribution is -2.39. The molecule has 0 spiro atoms. The number of hydrogen-bond donors (Lipinski definition) is 3. The molecule has 2 unspecified atom stereocenters.